The summed E-state index contributed by atoms with van der Waals surface area (Å²) in [5.41, 5.74) is 12.1. The Morgan fingerprint density at radius 2 is 1.86 bits per heavy atom. The van der Waals surface area contributed by atoms with Crippen LogP contribution in [0.15, 0.2) is 38.9 Å². The number of benzene rings is 1. The number of nitrogens with zero attached hydrogens (tertiary/aromatic N) is 2. The minimum Gasteiger partial charge on any atom is -0.369 e. The summed E-state index contributed by atoms with van der Waals surface area (Å²) in [7, 11) is 0. The monoisotopic (exact) mass is 254 g/mol. The second-order valence-corrected chi connectivity index (χ2v) is 3.54. The first-order valence-electron chi connectivity index (χ1n) is 3.99. The zero-order valence-electron chi connectivity index (χ0n) is 7.74. The molecule has 0 heterocycles. The molecule has 14 heavy (non-hydrogen) atoms. The van der Waals surface area contributed by atoms with E-state index in [9.17, 15) is 0 Å². The Morgan fingerprint density at radius 1 is 1.21 bits per heavy atom. The number of hydrogen-bond donors (Lipinski definition) is 2. The van der Waals surface area contributed by atoms with E-state index in [1.165, 1.54) is 0 Å². The third-order valence-corrected chi connectivity index (χ3v) is 2.27. The molecule has 0 fully saturated rings. The van der Waals surface area contributed by atoms with Crippen LogP contribution in [0.5, 0.6) is 0 Å². The van der Waals surface area contributed by atoms with Crippen molar-refractivity contribution in [2.75, 3.05) is 0 Å². The summed E-state index contributed by atoms with van der Waals surface area (Å²) in [4.78, 5) is 0. The van der Waals surface area contributed by atoms with E-state index in [4.69, 9.17) is 11.5 Å². The van der Waals surface area contributed by atoms with Gasteiger partial charge in [-0.3, -0.25) is 0 Å². The molecule has 5 heteroatoms. The molecule has 0 unspecified atom stereocenters. The molecule has 0 radical (unpaired) electrons. The molecule has 0 atom stereocenters. The summed E-state index contributed by atoms with van der Waals surface area (Å²) in [5.74, 6) is -0.0450. The molecule has 0 aliphatic carbocycles. The van der Waals surface area contributed by atoms with Crippen molar-refractivity contribution in [2.24, 2.45) is 21.7 Å². The van der Waals surface area contributed by atoms with Gasteiger partial charge in [-0.05, 0) is 13.0 Å². The van der Waals surface area contributed by atoms with E-state index >= 15 is 0 Å². The second kappa shape index (κ2) is 4.76. The van der Waals surface area contributed by atoms with Crippen LogP contribution in [0.4, 0.5) is 0 Å². The fourth-order valence-corrected chi connectivity index (χ4v) is 1.51. The number of halogens is 1. The van der Waals surface area contributed by atoms with Crippen LogP contribution in [0.2, 0.25) is 0 Å². The molecule has 0 spiro atoms. The van der Waals surface area contributed by atoms with Gasteiger partial charge in [-0.1, -0.05) is 34.1 Å². The fraction of sp³-hybridized carbons (Fsp3) is 0.111. The van der Waals surface area contributed by atoms with Gasteiger partial charge in [-0.2, -0.15) is 5.10 Å². The minimum atomic E-state index is -0.0450. The van der Waals surface area contributed by atoms with Crippen LogP contribution in [0.25, 0.3) is 0 Å². The van der Waals surface area contributed by atoms with Crippen LogP contribution in [0.3, 0.4) is 0 Å². The highest BCUT2D eigenvalue weighted by Gasteiger charge is 2.00. The predicted octanol–water partition coefficient (Wildman–Crippen LogP) is 1.45. The lowest BCUT2D eigenvalue weighted by molar-refractivity contribution is 1.19. The Bertz CT molecular complexity index is 380. The highest BCUT2D eigenvalue weighted by Crippen LogP contribution is 2.16. The van der Waals surface area contributed by atoms with Crippen LogP contribution in [-0.4, -0.2) is 11.7 Å². The maximum Gasteiger partial charge on any atom is 0.211 e. The van der Waals surface area contributed by atoms with Gasteiger partial charge in [0.15, 0.2) is 0 Å². The SMILES string of the molecule is C/C(=N\N=C(N)N)c1ccccc1Br. The van der Waals surface area contributed by atoms with Gasteiger partial charge in [0.25, 0.3) is 0 Å². The first-order valence-corrected chi connectivity index (χ1v) is 4.78. The molecular formula is C9H11BrN4. The maximum absolute atomic E-state index is 5.17. The third-order valence-electron chi connectivity index (χ3n) is 1.58. The summed E-state index contributed by atoms with van der Waals surface area (Å²) in [6.45, 7) is 1.84. The molecule has 1 aromatic carbocycles. The molecule has 0 aromatic heterocycles. The van der Waals surface area contributed by atoms with Crippen molar-refractivity contribution in [1.29, 1.82) is 0 Å². The summed E-state index contributed by atoms with van der Waals surface area (Å²) in [6, 6.07) is 7.73. The minimum absolute atomic E-state index is 0.0450. The van der Waals surface area contributed by atoms with Gasteiger partial charge in [0, 0.05) is 10.0 Å². The number of hydrogen-bond acceptors (Lipinski definition) is 2. The van der Waals surface area contributed by atoms with Crippen molar-refractivity contribution in [3.8, 4) is 0 Å². The van der Waals surface area contributed by atoms with Gasteiger partial charge in [0.05, 0.1) is 5.71 Å². The number of guanidine groups is 1. The van der Waals surface area contributed by atoms with Crippen LogP contribution in [-0.2, 0) is 0 Å². The average molecular weight is 255 g/mol. The Kier molecular flexibility index (Phi) is 3.64. The summed E-state index contributed by atoms with van der Waals surface area (Å²) in [6.07, 6.45) is 0. The van der Waals surface area contributed by atoms with Crippen molar-refractivity contribution in [3.63, 3.8) is 0 Å². The molecule has 1 aromatic rings. The molecule has 0 amide bonds. The van der Waals surface area contributed by atoms with E-state index in [1.807, 2.05) is 31.2 Å². The van der Waals surface area contributed by atoms with E-state index in [-0.39, 0.29) is 5.96 Å². The number of nitrogens with two attached hydrogens (primary N) is 2. The summed E-state index contributed by atoms with van der Waals surface area (Å²) >= 11 is 3.41. The molecule has 4 N–H and O–H groups in total. The van der Waals surface area contributed by atoms with Crippen molar-refractivity contribution in [3.05, 3.63) is 34.3 Å². The Balaban J connectivity index is 3.01. The van der Waals surface area contributed by atoms with Crippen LogP contribution in [0, 0.1) is 0 Å². The predicted molar refractivity (Wildman–Crippen MR) is 62.2 cm³/mol. The average Bonchev–Trinajstić information content (AvgIpc) is 2.15. The van der Waals surface area contributed by atoms with E-state index in [2.05, 4.69) is 26.1 Å². The van der Waals surface area contributed by atoms with Crippen molar-refractivity contribution < 1.29 is 0 Å². The van der Waals surface area contributed by atoms with Crippen molar-refractivity contribution >= 4 is 27.6 Å². The molecule has 74 valence electrons. The molecular weight excluding hydrogens is 244 g/mol. The van der Waals surface area contributed by atoms with Crippen LogP contribution in [0.1, 0.15) is 12.5 Å². The smallest absolute Gasteiger partial charge is 0.211 e. The lowest BCUT2D eigenvalue weighted by atomic mass is 10.1. The van der Waals surface area contributed by atoms with Crippen molar-refractivity contribution in [2.45, 2.75) is 6.92 Å². The van der Waals surface area contributed by atoms with Crippen LogP contribution >= 0.6 is 15.9 Å². The molecule has 0 saturated heterocycles. The highest BCUT2D eigenvalue weighted by atomic mass is 79.9. The Labute approximate surface area is 90.8 Å². The highest BCUT2D eigenvalue weighted by molar-refractivity contribution is 9.10. The van der Waals surface area contributed by atoms with Gasteiger partial charge in [-0.15, -0.1) is 5.10 Å². The second-order valence-electron chi connectivity index (χ2n) is 2.69. The van der Waals surface area contributed by atoms with Gasteiger partial charge in [-0.25, -0.2) is 0 Å². The normalized spacial score (nSPS) is 11.1. The maximum atomic E-state index is 5.17. The molecule has 1 rings (SSSR count). The molecule has 4 nitrogen and oxygen atoms in total. The fourth-order valence-electron chi connectivity index (χ4n) is 0.941. The zero-order valence-corrected chi connectivity index (χ0v) is 9.32. The molecule has 0 aliphatic rings. The standard InChI is InChI=1S/C9H11BrN4/c1-6(13-14-9(11)12)7-4-2-3-5-8(7)10/h2-5H,1H3,(H4,11,12,14)/b13-6+. The van der Waals surface area contributed by atoms with E-state index in [1.54, 1.807) is 0 Å². The largest absolute Gasteiger partial charge is 0.369 e. The topological polar surface area (TPSA) is 76.8 Å². The van der Waals surface area contributed by atoms with Crippen molar-refractivity contribution in [1.82, 2.24) is 0 Å². The zero-order chi connectivity index (χ0) is 10.6. The van der Waals surface area contributed by atoms with E-state index < -0.39 is 0 Å². The summed E-state index contributed by atoms with van der Waals surface area (Å²) < 4.78 is 0.965. The third kappa shape index (κ3) is 2.85. The first kappa shape index (κ1) is 10.7. The van der Waals surface area contributed by atoms with Gasteiger partial charge in [0.1, 0.15) is 0 Å². The number of rotatable bonds is 2. The van der Waals surface area contributed by atoms with Gasteiger partial charge < -0.3 is 11.5 Å². The Morgan fingerprint density at radius 3 is 2.43 bits per heavy atom. The molecule has 0 saturated carbocycles. The first-order chi connectivity index (χ1) is 6.61. The molecule has 0 aliphatic heterocycles. The van der Waals surface area contributed by atoms with Crippen LogP contribution < -0.4 is 11.5 Å². The quantitative estimate of drug-likeness (QED) is 0.476. The lowest BCUT2D eigenvalue weighted by Gasteiger charge is -2.00. The van der Waals surface area contributed by atoms with E-state index in [0.29, 0.717) is 0 Å². The van der Waals surface area contributed by atoms with E-state index in [0.717, 1.165) is 15.7 Å². The lowest BCUT2D eigenvalue weighted by Crippen LogP contribution is -2.22. The Hall–Kier alpha value is -1.36. The molecule has 0 bridgehead atoms. The van der Waals surface area contributed by atoms with Gasteiger partial charge >= 0.3 is 0 Å². The summed E-state index contributed by atoms with van der Waals surface area (Å²) in [5, 5.41) is 7.46. The van der Waals surface area contributed by atoms with Gasteiger partial charge in [0.2, 0.25) is 5.96 Å².